The number of aryl methyl sites for hydroxylation is 1. The molecule has 39 heavy (non-hydrogen) atoms. The van der Waals surface area contributed by atoms with Gasteiger partial charge in [0.1, 0.15) is 17.5 Å². The van der Waals surface area contributed by atoms with Crippen molar-refractivity contribution in [1.29, 1.82) is 0 Å². The molecule has 12 heteroatoms. The second kappa shape index (κ2) is 11.9. The van der Waals surface area contributed by atoms with E-state index in [0.717, 1.165) is 29.7 Å². The van der Waals surface area contributed by atoms with Crippen molar-refractivity contribution < 1.29 is 19.1 Å². The number of anilines is 1. The number of hydrogen-bond acceptors (Lipinski definition) is 7. The van der Waals surface area contributed by atoms with Gasteiger partial charge in [0, 0.05) is 49.0 Å². The highest BCUT2D eigenvalue weighted by Gasteiger charge is 2.33. The highest BCUT2D eigenvalue weighted by molar-refractivity contribution is 8.23. The highest BCUT2D eigenvalue weighted by atomic mass is 35.5. The zero-order valence-corrected chi connectivity index (χ0v) is 24.5. The molecule has 206 valence electrons. The summed E-state index contributed by atoms with van der Waals surface area (Å²) in [5.74, 6) is 0.123. The molecular formula is C27H28Cl2N4O4S2. The molecule has 2 aromatic carbocycles. The molecule has 2 aliphatic heterocycles. The van der Waals surface area contributed by atoms with Crippen molar-refractivity contribution in [2.75, 3.05) is 50.4 Å². The summed E-state index contributed by atoms with van der Waals surface area (Å²) in [6, 6.07) is 11.4. The van der Waals surface area contributed by atoms with E-state index in [1.807, 2.05) is 0 Å². The summed E-state index contributed by atoms with van der Waals surface area (Å²) in [4.78, 5) is 44.7. The van der Waals surface area contributed by atoms with E-state index in [9.17, 15) is 14.4 Å². The van der Waals surface area contributed by atoms with Crippen LogP contribution in [-0.4, -0.2) is 82.5 Å². The lowest BCUT2D eigenvalue weighted by atomic mass is 10.1. The molecule has 3 aliphatic rings. The molecule has 1 unspecified atom stereocenters. The number of benzene rings is 2. The van der Waals surface area contributed by atoms with E-state index in [1.165, 1.54) is 22.2 Å². The van der Waals surface area contributed by atoms with Crippen molar-refractivity contribution in [2.24, 2.45) is 0 Å². The molecule has 0 spiro atoms. The number of amides is 3. The van der Waals surface area contributed by atoms with E-state index in [0.29, 0.717) is 46.3 Å². The van der Waals surface area contributed by atoms with Crippen LogP contribution in [0.25, 0.3) is 0 Å². The van der Waals surface area contributed by atoms with Gasteiger partial charge >= 0.3 is 6.09 Å². The van der Waals surface area contributed by atoms with E-state index in [2.05, 4.69) is 23.1 Å². The molecule has 2 heterocycles. The first-order valence-corrected chi connectivity index (χ1v) is 14.8. The van der Waals surface area contributed by atoms with E-state index in [4.69, 9.17) is 40.2 Å². The van der Waals surface area contributed by atoms with Gasteiger partial charge in [0.15, 0.2) is 0 Å². The maximum Gasteiger partial charge on any atom is 0.410 e. The summed E-state index contributed by atoms with van der Waals surface area (Å²) >= 11 is 18.6. The Morgan fingerprint density at radius 2 is 1.82 bits per heavy atom. The quantitative estimate of drug-likeness (QED) is 0.439. The number of thioether (sulfide) groups is 1. The molecule has 1 aliphatic carbocycles. The Hall–Kier alpha value is -2.53. The third-order valence-electron chi connectivity index (χ3n) is 7.35. The molecule has 0 saturated carbocycles. The van der Waals surface area contributed by atoms with Gasteiger partial charge in [-0.25, -0.2) is 4.79 Å². The van der Waals surface area contributed by atoms with Crippen molar-refractivity contribution in [1.82, 2.24) is 14.7 Å². The van der Waals surface area contributed by atoms with Crippen LogP contribution in [0.15, 0.2) is 36.4 Å². The Balaban J connectivity index is 1.18. The molecule has 2 fully saturated rings. The van der Waals surface area contributed by atoms with Crippen LogP contribution in [0.1, 0.15) is 29.2 Å². The largest absolute Gasteiger partial charge is 0.445 e. The topological polar surface area (TPSA) is 73.4 Å². The number of piperazine rings is 1. The normalized spacial score (nSPS) is 18.9. The molecule has 8 nitrogen and oxygen atoms in total. The van der Waals surface area contributed by atoms with Gasteiger partial charge in [0.05, 0.1) is 11.8 Å². The lowest BCUT2D eigenvalue weighted by Crippen LogP contribution is -2.51. The van der Waals surface area contributed by atoms with Gasteiger partial charge in [-0.3, -0.25) is 14.5 Å². The number of hydrogen-bond donors (Lipinski definition) is 0. The zero-order chi connectivity index (χ0) is 27.7. The Morgan fingerprint density at radius 1 is 1.10 bits per heavy atom. The van der Waals surface area contributed by atoms with Gasteiger partial charge in [-0.05, 0) is 59.9 Å². The van der Waals surface area contributed by atoms with Gasteiger partial charge in [-0.15, -0.1) is 0 Å². The maximum absolute atomic E-state index is 12.9. The summed E-state index contributed by atoms with van der Waals surface area (Å²) in [6.45, 7) is 2.60. The average Bonchev–Trinajstić information content (AvgIpc) is 3.48. The summed E-state index contributed by atoms with van der Waals surface area (Å²) in [7, 11) is 1.76. The van der Waals surface area contributed by atoms with Crippen LogP contribution < -0.4 is 4.90 Å². The molecule has 5 rings (SSSR count). The number of ether oxygens (including phenoxy) is 1. The van der Waals surface area contributed by atoms with Crippen molar-refractivity contribution in [3.05, 3.63) is 63.1 Å². The number of carbonyl (C=O) groups is 3. The molecule has 0 N–H and O–H groups in total. The minimum atomic E-state index is -0.407. The summed E-state index contributed by atoms with van der Waals surface area (Å²) in [6.07, 6.45) is 1.31. The minimum absolute atomic E-state index is 0.0119. The second-order valence-corrected chi connectivity index (χ2v) is 12.3. The van der Waals surface area contributed by atoms with E-state index >= 15 is 0 Å². The fourth-order valence-electron chi connectivity index (χ4n) is 5.22. The third-order valence-corrected chi connectivity index (χ3v) is 9.22. The van der Waals surface area contributed by atoms with E-state index in [-0.39, 0.29) is 31.0 Å². The fourth-order valence-corrected chi connectivity index (χ4v) is 6.86. The molecular weight excluding hydrogens is 579 g/mol. The van der Waals surface area contributed by atoms with Gasteiger partial charge in [-0.2, -0.15) is 0 Å². The fraction of sp³-hybridized carbons (Fsp3) is 0.407. The van der Waals surface area contributed by atoms with Crippen LogP contribution in [0.5, 0.6) is 0 Å². The SMILES string of the molecule is CN(C(=O)OCc1cc(Cl)cc(Cl)c1)C1CCc2ccc(N3CCN(C(=O)CN4C(=O)CSC4=S)CC3)cc21. The molecule has 0 radical (unpaired) electrons. The van der Waals surface area contributed by atoms with Crippen molar-refractivity contribution >= 4 is 75.1 Å². The minimum Gasteiger partial charge on any atom is -0.445 e. The maximum atomic E-state index is 12.9. The van der Waals surface area contributed by atoms with Gasteiger partial charge in [0.2, 0.25) is 11.8 Å². The molecule has 0 bridgehead atoms. The second-order valence-electron chi connectivity index (χ2n) is 9.78. The number of fused-ring (bicyclic) bond motifs is 1. The first kappa shape index (κ1) is 28.0. The lowest BCUT2D eigenvalue weighted by molar-refractivity contribution is -0.136. The molecule has 2 saturated heterocycles. The van der Waals surface area contributed by atoms with Crippen molar-refractivity contribution in [2.45, 2.75) is 25.5 Å². The van der Waals surface area contributed by atoms with Crippen LogP contribution in [0, 0.1) is 0 Å². The molecule has 3 amide bonds. The van der Waals surface area contributed by atoms with Crippen molar-refractivity contribution in [3.63, 3.8) is 0 Å². The van der Waals surface area contributed by atoms with Crippen LogP contribution in [0.4, 0.5) is 10.5 Å². The zero-order valence-electron chi connectivity index (χ0n) is 21.4. The van der Waals surface area contributed by atoms with Gasteiger partial charge in [0.25, 0.3) is 0 Å². The predicted molar refractivity (Wildman–Crippen MR) is 157 cm³/mol. The highest BCUT2D eigenvalue weighted by Crippen LogP contribution is 2.38. The smallest absolute Gasteiger partial charge is 0.410 e. The van der Waals surface area contributed by atoms with Crippen LogP contribution >= 0.6 is 47.2 Å². The summed E-state index contributed by atoms with van der Waals surface area (Å²) in [5, 5.41) is 0.989. The third kappa shape index (κ3) is 6.29. The Labute approximate surface area is 247 Å². The molecule has 0 aromatic heterocycles. The number of thiocarbonyl (C=S) groups is 1. The number of rotatable bonds is 6. The predicted octanol–water partition coefficient (Wildman–Crippen LogP) is 4.76. The average molecular weight is 608 g/mol. The monoisotopic (exact) mass is 606 g/mol. The van der Waals surface area contributed by atoms with Crippen molar-refractivity contribution in [3.8, 4) is 0 Å². The van der Waals surface area contributed by atoms with E-state index < -0.39 is 6.09 Å². The summed E-state index contributed by atoms with van der Waals surface area (Å²) < 4.78 is 6.03. The number of nitrogens with zero attached hydrogens (tertiary/aromatic N) is 4. The van der Waals surface area contributed by atoms with Crippen LogP contribution in [0.2, 0.25) is 10.0 Å². The van der Waals surface area contributed by atoms with E-state index in [1.54, 1.807) is 35.0 Å². The Morgan fingerprint density at radius 3 is 2.49 bits per heavy atom. The first-order chi connectivity index (χ1) is 18.7. The number of carbonyl (C=O) groups excluding carboxylic acids is 3. The van der Waals surface area contributed by atoms with Gasteiger partial charge < -0.3 is 19.4 Å². The van der Waals surface area contributed by atoms with Crippen LogP contribution in [0.3, 0.4) is 0 Å². The van der Waals surface area contributed by atoms with Gasteiger partial charge in [-0.1, -0.05) is 53.2 Å². The molecule has 2 aromatic rings. The molecule has 1 atom stereocenters. The Kier molecular flexibility index (Phi) is 8.56. The van der Waals surface area contributed by atoms with Crippen LogP contribution in [-0.2, 0) is 27.4 Å². The first-order valence-electron chi connectivity index (χ1n) is 12.7. The standard InChI is InChI=1S/C27H28Cl2N4O4S2/c1-30(26(36)37-15-17-10-19(28)12-20(29)11-17)23-5-3-18-2-4-21(13-22(18)23)31-6-8-32(9-7-31)24(34)14-33-25(35)16-39-27(33)38/h2,4,10-13,23H,3,5-9,14-16H2,1H3. The summed E-state index contributed by atoms with van der Waals surface area (Å²) in [5.41, 5.74) is 4.14. The lowest BCUT2D eigenvalue weighted by Gasteiger charge is -2.37. The number of halogens is 2. The Bertz CT molecular complexity index is 1280.